The van der Waals surface area contributed by atoms with Crippen LogP contribution in [0.4, 0.5) is 11.4 Å². The molecule has 0 radical (unpaired) electrons. The standard InChI is InChI=1S/C21H24N2O5/c1-15-14-17(22-19(24)10-11-20(25)28-13-12-27-2)8-9-18(15)23-21(26)16-6-4-3-5-7-16/h3-9,14H,10-13H2,1-2H3,(H,22,24)(H,23,26). The van der Waals surface area contributed by atoms with Gasteiger partial charge < -0.3 is 20.1 Å². The van der Waals surface area contributed by atoms with Crippen LogP contribution in [0.25, 0.3) is 0 Å². The highest BCUT2D eigenvalue weighted by Crippen LogP contribution is 2.20. The van der Waals surface area contributed by atoms with Crippen molar-refractivity contribution < 1.29 is 23.9 Å². The Morgan fingerprint density at radius 3 is 2.36 bits per heavy atom. The van der Waals surface area contributed by atoms with Crippen molar-refractivity contribution in [2.24, 2.45) is 0 Å². The summed E-state index contributed by atoms with van der Waals surface area (Å²) in [5, 5.41) is 5.58. The molecule has 0 bridgehead atoms. The molecule has 2 amide bonds. The molecule has 0 aliphatic heterocycles. The van der Waals surface area contributed by atoms with Crippen LogP contribution in [0.2, 0.25) is 0 Å². The average molecular weight is 384 g/mol. The van der Waals surface area contributed by atoms with Gasteiger partial charge in [-0.3, -0.25) is 14.4 Å². The van der Waals surface area contributed by atoms with Gasteiger partial charge in [0.2, 0.25) is 5.91 Å². The monoisotopic (exact) mass is 384 g/mol. The number of ether oxygens (including phenoxy) is 2. The normalized spacial score (nSPS) is 10.2. The van der Waals surface area contributed by atoms with Gasteiger partial charge >= 0.3 is 5.97 Å². The molecule has 0 fully saturated rings. The van der Waals surface area contributed by atoms with Crippen LogP contribution < -0.4 is 10.6 Å². The highest BCUT2D eigenvalue weighted by molar-refractivity contribution is 6.04. The quantitative estimate of drug-likeness (QED) is 0.512. The number of hydrogen-bond acceptors (Lipinski definition) is 5. The SMILES string of the molecule is COCCOC(=O)CCC(=O)Nc1ccc(NC(=O)c2ccccc2)c(C)c1. The second-order valence-electron chi connectivity index (χ2n) is 6.11. The van der Waals surface area contributed by atoms with E-state index in [0.29, 0.717) is 23.5 Å². The van der Waals surface area contributed by atoms with Crippen molar-refractivity contribution in [3.8, 4) is 0 Å². The first-order chi connectivity index (χ1) is 13.5. The number of esters is 1. The Hall–Kier alpha value is -3.19. The molecule has 0 heterocycles. The Labute approximate surface area is 164 Å². The molecule has 0 aromatic heterocycles. The Kier molecular flexibility index (Phi) is 8.17. The second kappa shape index (κ2) is 10.8. The van der Waals surface area contributed by atoms with Gasteiger partial charge in [0.25, 0.3) is 5.91 Å². The predicted molar refractivity (Wildman–Crippen MR) is 106 cm³/mol. The van der Waals surface area contributed by atoms with Crippen LogP contribution >= 0.6 is 0 Å². The molecule has 148 valence electrons. The Bertz CT molecular complexity index is 821. The number of methoxy groups -OCH3 is 1. The van der Waals surface area contributed by atoms with Gasteiger partial charge in [0.05, 0.1) is 13.0 Å². The largest absolute Gasteiger partial charge is 0.463 e. The number of anilines is 2. The molecule has 0 spiro atoms. The molecular weight excluding hydrogens is 360 g/mol. The van der Waals surface area contributed by atoms with Crippen molar-refractivity contribution in [1.82, 2.24) is 0 Å². The molecule has 0 aliphatic rings. The second-order valence-corrected chi connectivity index (χ2v) is 6.11. The third-order valence-corrected chi connectivity index (χ3v) is 3.90. The molecule has 0 saturated heterocycles. The zero-order valence-electron chi connectivity index (χ0n) is 16.0. The minimum absolute atomic E-state index is 0.000252. The summed E-state index contributed by atoms with van der Waals surface area (Å²) in [6, 6.07) is 14.1. The maximum Gasteiger partial charge on any atom is 0.306 e. The number of amides is 2. The number of nitrogens with one attached hydrogen (secondary N) is 2. The fourth-order valence-corrected chi connectivity index (χ4v) is 2.42. The summed E-state index contributed by atoms with van der Waals surface area (Å²) in [7, 11) is 1.52. The van der Waals surface area contributed by atoms with Crippen molar-refractivity contribution >= 4 is 29.2 Å². The van der Waals surface area contributed by atoms with Crippen molar-refractivity contribution in [3.63, 3.8) is 0 Å². The lowest BCUT2D eigenvalue weighted by Gasteiger charge is -2.11. The summed E-state index contributed by atoms with van der Waals surface area (Å²) in [4.78, 5) is 35.7. The first-order valence-corrected chi connectivity index (χ1v) is 8.91. The zero-order valence-corrected chi connectivity index (χ0v) is 16.0. The molecular formula is C21H24N2O5. The highest BCUT2D eigenvalue weighted by atomic mass is 16.6. The Morgan fingerprint density at radius 1 is 0.929 bits per heavy atom. The summed E-state index contributed by atoms with van der Waals surface area (Å²) in [5.41, 5.74) is 2.62. The molecule has 0 saturated carbocycles. The molecule has 0 unspecified atom stereocenters. The van der Waals surface area contributed by atoms with Gasteiger partial charge in [0.15, 0.2) is 0 Å². The third kappa shape index (κ3) is 6.85. The number of carbonyl (C=O) groups excluding carboxylic acids is 3. The van der Waals surface area contributed by atoms with Gasteiger partial charge in [-0.25, -0.2) is 0 Å². The van der Waals surface area contributed by atoms with E-state index < -0.39 is 5.97 Å². The van der Waals surface area contributed by atoms with Crippen LogP contribution in [0, 0.1) is 6.92 Å². The lowest BCUT2D eigenvalue weighted by atomic mass is 10.1. The Balaban J connectivity index is 1.85. The first-order valence-electron chi connectivity index (χ1n) is 8.91. The third-order valence-electron chi connectivity index (χ3n) is 3.90. The molecule has 2 N–H and O–H groups in total. The van der Waals surface area contributed by atoms with E-state index in [0.717, 1.165) is 5.56 Å². The van der Waals surface area contributed by atoms with Crippen LogP contribution in [-0.4, -0.2) is 38.1 Å². The molecule has 0 atom stereocenters. The van der Waals surface area contributed by atoms with Gasteiger partial charge in [-0.2, -0.15) is 0 Å². The maximum absolute atomic E-state index is 12.2. The average Bonchev–Trinajstić information content (AvgIpc) is 2.69. The van der Waals surface area contributed by atoms with E-state index in [1.807, 2.05) is 13.0 Å². The van der Waals surface area contributed by atoms with E-state index in [4.69, 9.17) is 9.47 Å². The molecule has 0 aliphatic carbocycles. The molecule has 7 heteroatoms. The summed E-state index contributed by atoms with van der Waals surface area (Å²) in [5.74, 6) is -0.931. The summed E-state index contributed by atoms with van der Waals surface area (Å²) in [6.07, 6.45) is 0.0249. The van der Waals surface area contributed by atoms with Crippen LogP contribution in [-0.2, 0) is 19.1 Å². The van der Waals surface area contributed by atoms with Crippen LogP contribution in [0.5, 0.6) is 0 Å². The molecule has 28 heavy (non-hydrogen) atoms. The number of aryl methyl sites for hydroxylation is 1. The van der Waals surface area contributed by atoms with Gasteiger partial charge in [-0.1, -0.05) is 18.2 Å². The van der Waals surface area contributed by atoms with E-state index in [1.54, 1.807) is 42.5 Å². The van der Waals surface area contributed by atoms with E-state index in [-0.39, 0.29) is 31.3 Å². The number of carbonyl (C=O) groups is 3. The van der Waals surface area contributed by atoms with Gasteiger partial charge in [0.1, 0.15) is 6.61 Å². The zero-order chi connectivity index (χ0) is 20.4. The van der Waals surface area contributed by atoms with E-state index in [9.17, 15) is 14.4 Å². The van der Waals surface area contributed by atoms with Crippen molar-refractivity contribution in [1.29, 1.82) is 0 Å². The van der Waals surface area contributed by atoms with E-state index in [2.05, 4.69) is 10.6 Å². The number of benzene rings is 2. The molecule has 2 rings (SSSR count). The molecule has 2 aromatic rings. The summed E-state index contributed by atoms with van der Waals surface area (Å²) >= 11 is 0. The number of rotatable bonds is 9. The van der Waals surface area contributed by atoms with Crippen LogP contribution in [0.15, 0.2) is 48.5 Å². The number of hydrogen-bond donors (Lipinski definition) is 2. The van der Waals surface area contributed by atoms with Crippen LogP contribution in [0.1, 0.15) is 28.8 Å². The fraction of sp³-hybridized carbons (Fsp3) is 0.286. The minimum Gasteiger partial charge on any atom is -0.463 e. The summed E-state index contributed by atoms with van der Waals surface area (Å²) in [6.45, 7) is 2.33. The van der Waals surface area contributed by atoms with Gasteiger partial charge in [0, 0.05) is 30.5 Å². The van der Waals surface area contributed by atoms with Crippen molar-refractivity contribution in [2.75, 3.05) is 31.0 Å². The van der Waals surface area contributed by atoms with E-state index in [1.165, 1.54) is 7.11 Å². The van der Waals surface area contributed by atoms with Gasteiger partial charge in [-0.15, -0.1) is 0 Å². The molecule has 2 aromatic carbocycles. The van der Waals surface area contributed by atoms with Crippen LogP contribution in [0.3, 0.4) is 0 Å². The molecule has 7 nitrogen and oxygen atoms in total. The van der Waals surface area contributed by atoms with Crippen molar-refractivity contribution in [2.45, 2.75) is 19.8 Å². The van der Waals surface area contributed by atoms with Crippen molar-refractivity contribution in [3.05, 3.63) is 59.7 Å². The smallest absolute Gasteiger partial charge is 0.306 e. The van der Waals surface area contributed by atoms with E-state index >= 15 is 0 Å². The Morgan fingerprint density at radius 2 is 1.68 bits per heavy atom. The maximum atomic E-state index is 12.2. The summed E-state index contributed by atoms with van der Waals surface area (Å²) < 4.78 is 9.69. The predicted octanol–water partition coefficient (Wildman–Crippen LogP) is 3.16. The lowest BCUT2D eigenvalue weighted by Crippen LogP contribution is -2.16. The first kappa shape index (κ1) is 21.1. The van der Waals surface area contributed by atoms with Gasteiger partial charge in [-0.05, 0) is 42.8 Å². The highest BCUT2D eigenvalue weighted by Gasteiger charge is 2.11. The minimum atomic E-state index is -0.442. The fourth-order valence-electron chi connectivity index (χ4n) is 2.42. The lowest BCUT2D eigenvalue weighted by molar-refractivity contribution is -0.145. The topological polar surface area (TPSA) is 93.7 Å².